The first-order valence-corrected chi connectivity index (χ1v) is 6.41. The van der Waals surface area contributed by atoms with Gasteiger partial charge in [-0.05, 0) is 31.7 Å². The highest BCUT2D eigenvalue weighted by Crippen LogP contribution is 2.31. The fourth-order valence-electron chi connectivity index (χ4n) is 2.90. The number of nitrogens with zero attached hydrogens (tertiary/aromatic N) is 2. The molecule has 3 unspecified atom stereocenters. The molecule has 2 aliphatic heterocycles. The average Bonchev–Trinajstić information content (AvgIpc) is 2.40. The summed E-state index contributed by atoms with van der Waals surface area (Å²) in [5.41, 5.74) is -0.957. The molecule has 3 aliphatic rings. The normalized spacial score (nSPS) is 30.4. The zero-order chi connectivity index (χ0) is 13.5. The van der Waals surface area contributed by atoms with E-state index in [2.05, 4.69) is 20.6 Å². The van der Waals surface area contributed by atoms with E-state index in [1.54, 1.807) is 0 Å². The van der Waals surface area contributed by atoms with Gasteiger partial charge >= 0.3 is 6.18 Å². The van der Waals surface area contributed by atoms with Crippen LogP contribution in [0, 0.1) is 5.92 Å². The molecule has 7 heteroatoms. The SMILES string of the molecule is FC(F)(F)c1cnc(NC2CC3CCC2NC3)cn1. The summed E-state index contributed by atoms with van der Waals surface area (Å²) in [7, 11) is 0. The Morgan fingerprint density at radius 1 is 1.21 bits per heavy atom. The second-order valence-corrected chi connectivity index (χ2v) is 5.23. The first-order chi connectivity index (χ1) is 9.02. The van der Waals surface area contributed by atoms with Crippen molar-refractivity contribution < 1.29 is 13.2 Å². The molecule has 0 spiro atoms. The summed E-state index contributed by atoms with van der Waals surface area (Å²) in [4.78, 5) is 7.21. The van der Waals surface area contributed by atoms with Gasteiger partial charge in [0.2, 0.25) is 0 Å². The standard InChI is InChI=1S/C12H15F3N4/c13-12(14,15)10-5-18-11(6-17-10)19-9-3-7-1-2-8(9)16-4-7/h5-9,16H,1-4H2,(H,18,19). The van der Waals surface area contributed by atoms with E-state index >= 15 is 0 Å². The van der Waals surface area contributed by atoms with Crippen molar-refractivity contribution in [2.75, 3.05) is 11.9 Å². The van der Waals surface area contributed by atoms with Crippen LogP contribution in [0.5, 0.6) is 0 Å². The topological polar surface area (TPSA) is 49.8 Å². The van der Waals surface area contributed by atoms with Crippen molar-refractivity contribution in [1.82, 2.24) is 15.3 Å². The van der Waals surface area contributed by atoms with Crippen LogP contribution in [0.15, 0.2) is 12.4 Å². The van der Waals surface area contributed by atoms with E-state index < -0.39 is 11.9 Å². The summed E-state index contributed by atoms with van der Waals surface area (Å²) in [6, 6.07) is 0.618. The number of hydrogen-bond donors (Lipinski definition) is 2. The summed E-state index contributed by atoms with van der Waals surface area (Å²) >= 11 is 0. The predicted molar refractivity (Wildman–Crippen MR) is 63.6 cm³/mol. The van der Waals surface area contributed by atoms with Gasteiger partial charge in [-0.3, -0.25) is 0 Å². The quantitative estimate of drug-likeness (QED) is 0.865. The summed E-state index contributed by atoms with van der Waals surface area (Å²) in [5.74, 6) is 1.07. The zero-order valence-electron chi connectivity index (χ0n) is 10.2. The molecule has 2 N–H and O–H groups in total. The first-order valence-electron chi connectivity index (χ1n) is 6.41. The van der Waals surface area contributed by atoms with Crippen molar-refractivity contribution in [3.63, 3.8) is 0 Å². The lowest BCUT2D eigenvalue weighted by molar-refractivity contribution is -0.141. The van der Waals surface area contributed by atoms with Gasteiger partial charge in [0.05, 0.1) is 12.4 Å². The second kappa shape index (κ2) is 4.63. The van der Waals surface area contributed by atoms with E-state index in [1.807, 2.05) is 0 Å². The number of aromatic nitrogens is 2. The molecule has 3 atom stereocenters. The number of nitrogens with one attached hydrogen (secondary N) is 2. The Morgan fingerprint density at radius 3 is 2.53 bits per heavy atom. The Hall–Kier alpha value is -1.37. The molecular weight excluding hydrogens is 257 g/mol. The molecule has 3 heterocycles. The number of fused-ring (bicyclic) bond motifs is 3. The minimum absolute atomic E-state index is 0.235. The molecule has 0 aromatic carbocycles. The predicted octanol–water partition coefficient (Wildman–Crippen LogP) is 2.05. The molecule has 19 heavy (non-hydrogen) atoms. The fourth-order valence-corrected chi connectivity index (χ4v) is 2.90. The van der Waals surface area contributed by atoms with Crippen LogP contribution in [0.2, 0.25) is 0 Å². The van der Waals surface area contributed by atoms with Gasteiger partial charge in [-0.2, -0.15) is 13.2 Å². The fraction of sp³-hybridized carbons (Fsp3) is 0.667. The Bertz CT molecular complexity index is 437. The van der Waals surface area contributed by atoms with Crippen LogP contribution in [0.3, 0.4) is 0 Å². The van der Waals surface area contributed by atoms with Gasteiger partial charge in [-0.1, -0.05) is 0 Å². The molecule has 104 valence electrons. The van der Waals surface area contributed by atoms with Gasteiger partial charge in [0, 0.05) is 12.1 Å². The summed E-state index contributed by atoms with van der Waals surface area (Å²) in [6.45, 7) is 1.04. The maximum atomic E-state index is 12.4. The molecule has 0 radical (unpaired) electrons. The molecule has 4 rings (SSSR count). The molecule has 1 aliphatic carbocycles. The van der Waals surface area contributed by atoms with Gasteiger partial charge in [-0.25, -0.2) is 9.97 Å². The van der Waals surface area contributed by atoms with Crippen LogP contribution < -0.4 is 10.6 Å². The van der Waals surface area contributed by atoms with Crippen molar-refractivity contribution >= 4 is 5.82 Å². The maximum Gasteiger partial charge on any atom is 0.434 e. The Morgan fingerprint density at radius 2 is 2.05 bits per heavy atom. The van der Waals surface area contributed by atoms with Crippen molar-refractivity contribution in [1.29, 1.82) is 0 Å². The lowest BCUT2D eigenvalue weighted by atomic mass is 9.78. The third-order valence-electron chi connectivity index (χ3n) is 3.90. The highest BCUT2D eigenvalue weighted by Gasteiger charge is 2.36. The van der Waals surface area contributed by atoms with E-state index in [0.29, 0.717) is 17.8 Å². The smallest absolute Gasteiger partial charge is 0.364 e. The highest BCUT2D eigenvalue weighted by molar-refractivity contribution is 5.34. The third kappa shape index (κ3) is 2.65. The average molecular weight is 272 g/mol. The minimum Gasteiger partial charge on any atom is -0.364 e. The highest BCUT2D eigenvalue weighted by atomic mass is 19.4. The van der Waals surface area contributed by atoms with E-state index in [1.165, 1.54) is 6.42 Å². The van der Waals surface area contributed by atoms with Gasteiger partial charge in [0.15, 0.2) is 5.69 Å². The number of piperidine rings is 2. The van der Waals surface area contributed by atoms with Crippen molar-refractivity contribution in [3.8, 4) is 0 Å². The number of halogens is 3. The van der Waals surface area contributed by atoms with Crippen LogP contribution in [-0.2, 0) is 6.18 Å². The molecule has 2 bridgehead atoms. The molecule has 1 saturated carbocycles. The second-order valence-electron chi connectivity index (χ2n) is 5.23. The van der Waals surface area contributed by atoms with Gasteiger partial charge < -0.3 is 10.6 Å². The van der Waals surface area contributed by atoms with Gasteiger partial charge in [-0.15, -0.1) is 0 Å². The molecule has 0 amide bonds. The number of alkyl halides is 3. The lowest BCUT2D eigenvalue weighted by Gasteiger charge is -2.43. The number of hydrogen-bond acceptors (Lipinski definition) is 4. The van der Waals surface area contributed by atoms with Crippen molar-refractivity contribution in [2.45, 2.75) is 37.5 Å². The summed E-state index contributed by atoms with van der Waals surface area (Å²) in [6.07, 6.45) is 0.879. The Kier molecular flexibility index (Phi) is 3.08. The number of rotatable bonds is 2. The van der Waals surface area contributed by atoms with E-state index in [4.69, 9.17) is 0 Å². The molecular formula is C12H15F3N4. The summed E-state index contributed by atoms with van der Waals surface area (Å²) in [5, 5.41) is 6.62. The monoisotopic (exact) mass is 272 g/mol. The third-order valence-corrected chi connectivity index (χ3v) is 3.90. The van der Waals surface area contributed by atoms with Crippen LogP contribution in [0.4, 0.5) is 19.0 Å². The molecule has 1 aromatic heterocycles. The molecule has 1 aromatic rings. The molecule has 4 nitrogen and oxygen atoms in total. The van der Waals surface area contributed by atoms with Crippen LogP contribution in [-0.4, -0.2) is 28.6 Å². The van der Waals surface area contributed by atoms with E-state index in [0.717, 1.165) is 31.8 Å². The van der Waals surface area contributed by atoms with Crippen LogP contribution in [0.1, 0.15) is 25.0 Å². The van der Waals surface area contributed by atoms with Gasteiger partial charge in [0.25, 0.3) is 0 Å². The maximum absolute atomic E-state index is 12.4. The zero-order valence-corrected chi connectivity index (χ0v) is 10.2. The largest absolute Gasteiger partial charge is 0.434 e. The Balaban J connectivity index is 1.67. The molecule has 3 fully saturated rings. The van der Waals surface area contributed by atoms with Crippen LogP contribution >= 0.6 is 0 Å². The Labute approximate surface area is 108 Å². The van der Waals surface area contributed by atoms with Crippen molar-refractivity contribution in [2.24, 2.45) is 5.92 Å². The van der Waals surface area contributed by atoms with E-state index in [9.17, 15) is 13.2 Å². The molecule has 2 saturated heterocycles. The minimum atomic E-state index is -4.43. The van der Waals surface area contributed by atoms with E-state index in [-0.39, 0.29) is 6.04 Å². The lowest BCUT2D eigenvalue weighted by Crippen LogP contribution is -2.55. The van der Waals surface area contributed by atoms with Gasteiger partial charge in [0.1, 0.15) is 5.82 Å². The first kappa shape index (κ1) is 12.7. The van der Waals surface area contributed by atoms with Crippen LogP contribution in [0.25, 0.3) is 0 Å². The van der Waals surface area contributed by atoms with Crippen molar-refractivity contribution in [3.05, 3.63) is 18.1 Å². The summed E-state index contributed by atoms with van der Waals surface area (Å²) < 4.78 is 37.1. The number of anilines is 1.